The van der Waals surface area contributed by atoms with E-state index in [1.165, 1.54) is 6.21 Å². The van der Waals surface area contributed by atoms with Crippen molar-refractivity contribution in [2.45, 2.75) is 0 Å². The average molecular weight is 172 g/mol. The minimum Gasteiger partial charge on any atom is -0.455 e. The standard InChI is InChI=1S/C10H8N2O/c11-6-9-3-4-10(13-9)8-2-1-5-12-7-8/h1-7,11H. The predicted octanol–water partition coefficient (Wildman–Crippen LogP) is 2.34. The van der Waals surface area contributed by atoms with E-state index in [1.807, 2.05) is 18.2 Å². The van der Waals surface area contributed by atoms with E-state index in [9.17, 15) is 0 Å². The van der Waals surface area contributed by atoms with Gasteiger partial charge in [0.1, 0.15) is 11.5 Å². The maximum absolute atomic E-state index is 6.99. The normalized spacial score (nSPS) is 9.85. The number of furan rings is 1. The first kappa shape index (κ1) is 7.73. The van der Waals surface area contributed by atoms with Crippen molar-refractivity contribution in [3.63, 3.8) is 0 Å². The molecule has 0 saturated carbocycles. The summed E-state index contributed by atoms with van der Waals surface area (Å²) in [5.74, 6) is 1.30. The van der Waals surface area contributed by atoms with Crippen LogP contribution in [0.4, 0.5) is 0 Å². The van der Waals surface area contributed by atoms with Gasteiger partial charge in [0.2, 0.25) is 0 Å². The Hall–Kier alpha value is -1.90. The topological polar surface area (TPSA) is 49.9 Å². The highest BCUT2D eigenvalue weighted by atomic mass is 16.3. The van der Waals surface area contributed by atoms with Crippen LogP contribution in [0.5, 0.6) is 0 Å². The van der Waals surface area contributed by atoms with Gasteiger partial charge in [-0.2, -0.15) is 0 Å². The average Bonchev–Trinajstić information content (AvgIpc) is 2.67. The molecule has 1 N–H and O–H groups in total. The van der Waals surface area contributed by atoms with Gasteiger partial charge in [-0.15, -0.1) is 0 Å². The molecule has 64 valence electrons. The SMILES string of the molecule is N=Cc1ccc(-c2cccnc2)o1. The first-order chi connectivity index (χ1) is 6.40. The number of hydrogen-bond donors (Lipinski definition) is 1. The molecule has 2 aromatic heterocycles. The lowest BCUT2D eigenvalue weighted by atomic mass is 10.2. The minimum absolute atomic E-state index is 0.554. The Bertz CT molecular complexity index is 406. The van der Waals surface area contributed by atoms with Gasteiger partial charge in [0, 0.05) is 18.0 Å². The zero-order chi connectivity index (χ0) is 9.10. The van der Waals surface area contributed by atoms with Gasteiger partial charge in [-0.05, 0) is 24.3 Å². The van der Waals surface area contributed by atoms with Crippen LogP contribution in [0.3, 0.4) is 0 Å². The van der Waals surface area contributed by atoms with Crippen LogP contribution >= 0.6 is 0 Å². The number of rotatable bonds is 2. The molecule has 0 unspecified atom stereocenters. The zero-order valence-electron chi connectivity index (χ0n) is 6.90. The highest BCUT2D eigenvalue weighted by molar-refractivity contribution is 5.74. The summed E-state index contributed by atoms with van der Waals surface area (Å²) >= 11 is 0. The third-order valence-corrected chi connectivity index (χ3v) is 1.72. The molecular weight excluding hydrogens is 164 g/mol. The maximum atomic E-state index is 6.99. The predicted molar refractivity (Wildman–Crippen MR) is 49.8 cm³/mol. The third kappa shape index (κ3) is 1.49. The van der Waals surface area contributed by atoms with Gasteiger partial charge in [0.05, 0.1) is 6.21 Å². The molecule has 0 bridgehead atoms. The molecule has 0 fully saturated rings. The number of nitrogens with zero attached hydrogens (tertiary/aromatic N) is 1. The fourth-order valence-corrected chi connectivity index (χ4v) is 1.09. The molecule has 0 amide bonds. The van der Waals surface area contributed by atoms with Gasteiger partial charge in [-0.1, -0.05) is 0 Å². The van der Waals surface area contributed by atoms with E-state index in [4.69, 9.17) is 9.83 Å². The van der Waals surface area contributed by atoms with E-state index in [2.05, 4.69) is 4.98 Å². The number of nitrogens with one attached hydrogen (secondary N) is 1. The second-order valence-electron chi connectivity index (χ2n) is 2.59. The van der Waals surface area contributed by atoms with E-state index in [1.54, 1.807) is 18.5 Å². The molecule has 0 spiro atoms. The molecule has 0 aliphatic carbocycles. The molecule has 2 aromatic rings. The lowest BCUT2D eigenvalue weighted by Crippen LogP contribution is -1.74. The van der Waals surface area contributed by atoms with Gasteiger partial charge in [-0.3, -0.25) is 4.98 Å². The molecule has 13 heavy (non-hydrogen) atoms. The molecule has 0 aromatic carbocycles. The highest BCUT2D eigenvalue weighted by Crippen LogP contribution is 2.19. The Balaban J connectivity index is 2.41. The highest BCUT2D eigenvalue weighted by Gasteiger charge is 2.01. The Kier molecular flexibility index (Phi) is 1.92. The van der Waals surface area contributed by atoms with Gasteiger partial charge in [0.15, 0.2) is 0 Å². The van der Waals surface area contributed by atoms with Crippen LogP contribution in [0.25, 0.3) is 11.3 Å². The van der Waals surface area contributed by atoms with E-state index in [0.717, 1.165) is 11.3 Å². The second-order valence-corrected chi connectivity index (χ2v) is 2.59. The number of hydrogen-bond acceptors (Lipinski definition) is 3. The molecule has 0 aliphatic rings. The molecule has 3 nitrogen and oxygen atoms in total. The van der Waals surface area contributed by atoms with Crippen molar-refractivity contribution >= 4 is 6.21 Å². The van der Waals surface area contributed by atoms with E-state index in [0.29, 0.717) is 5.76 Å². The summed E-state index contributed by atoms with van der Waals surface area (Å²) in [4.78, 5) is 3.98. The number of pyridine rings is 1. The van der Waals surface area contributed by atoms with Gasteiger partial charge >= 0.3 is 0 Å². The monoisotopic (exact) mass is 172 g/mol. The van der Waals surface area contributed by atoms with Crippen molar-refractivity contribution in [1.82, 2.24) is 4.98 Å². The summed E-state index contributed by atoms with van der Waals surface area (Å²) in [6.07, 6.45) is 4.62. The van der Waals surface area contributed by atoms with E-state index in [-0.39, 0.29) is 0 Å². The Morgan fingerprint density at radius 1 is 1.31 bits per heavy atom. The number of aromatic nitrogens is 1. The summed E-state index contributed by atoms with van der Waals surface area (Å²) < 4.78 is 5.34. The first-order valence-corrected chi connectivity index (χ1v) is 3.91. The Morgan fingerprint density at radius 3 is 2.85 bits per heavy atom. The molecule has 3 heteroatoms. The third-order valence-electron chi connectivity index (χ3n) is 1.72. The van der Waals surface area contributed by atoms with Crippen LogP contribution in [-0.4, -0.2) is 11.2 Å². The molecule has 0 radical (unpaired) electrons. The quantitative estimate of drug-likeness (QED) is 0.707. The van der Waals surface area contributed by atoms with Crippen molar-refractivity contribution in [2.75, 3.05) is 0 Å². The summed E-state index contributed by atoms with van der Waals surface area (Å²) in [7, 11) is 0. The lowest BCUT2D eigenvalue weighted by molar-refractivity contribution is 0.574. The van der Waals surface area contributed by atoms with Crippen LogP contribution < -0.4 is 0 Å². The molecule has 0 saturated heterocycles. The fraction of sp³-hybridized carbons (Fsp3) is 0. The van der Waals surface area contributed by atoms with Crippen molar-refractivity contribution in [1.29, 1.82) is 5.41 Å². The zero-order valence-corrected chi connectivity index (χ0v) is 6.90. The smallest absolute Gasteiger partial charge is 0.145 e. The van der Waals surface area contributed by atoms with Crippen LogP contribution in [0.15, 0.2) is 41.1 Å². The van der Waals surface area contributed by atoms with E-state index < -0.39 is 0 Å². The molecule has 0 aliphatic heterocycles. The van der Waals surface area contributed by atoms with Crippen LogP contribution in [-0.2, 0) is 0 Å². The van der Waals surface area contributed by atoms with Crippen LogP contribution in [0.2, 0.25) is 0 Å². The van der Waals surface area contributed by atoms with Gasteiger partial charge < -0.3 is 9.83 Å². The largest absolute Gasteiger partial charge is 0.455 e. The molecule has 2 rings (SSSR count). The van der Waals surface area contributed by atoms with Crippen molar-refractivity contribution in [2.24, 2.45) is 0 Å². The first-order valence-electron chi connectivity index (χ1n) is 3.91. The Labute approximate surface area is 75.6 Å². The summed E-state index contributed by atoms with van der Waals surface area (Å²) in [6, 6.07) is 7.36. The minimum atomic E-state index is 0.554. The Morgan fingerprint density at radius 2 is 2.23 bits per heavy atom. The van der Waals surface area contributed by atoms with Crippen molar-refractivity contribution < 1.29 is 4.42 Å². The van der Waals surface area contributed by atoms with E-state index >= 15 is 0 Å². The van der Waals surface area contributed by atoms with Crippen LogP contribution in [0, 0.1) is 5.41 Å². The van der Waals surface area contributed by atoms with Gasteiger partial charge in [0.25, 0.3) is 0 Å². The summed E-state index contributed by atoms with van der Waals surface area (Å²) in [5.41, 5.74) is 0.926. The molecule has 0 atom stereocenters. The fourth-order valence-electron chi connectivity index (χ4n) is 1.09. The molecular formula is C10H8N2O. The van der Waals surface area contributed by atoms with Crippen LogP contribution in [0.1, 0.15) is 5.76 Å². The molecule has 2 heterocycles. The van der Waals surface area contributed by atoms with Crippen molar-refractivity contribution in [3.05, 3.63) is 42.4 Å². The van der Waals surface area contributed by atoms with Crippen molar-refractivity contribution in [3.8, 4) is 11.3 Å². The second kappa shape index (κ2) is 3.23. The maximum Gasteiger partial charge on any atom is 0.145 e. The van der Waals surface area contributed by atoms with Gasteiger partial charge in [-0.25, -0.2) is 0 Å². The summed E-state index contributed by atoms with van der Waals surface area (Å²) in [5, 5.41) is 6.99. The lowest BCUT2D eigenvalue weighted by Gasteiger charge is -1.93. The summed E-state index contributed by atoms with van der Waals surface area (Å²) in [6.45, 7) is 0.